The summed E-state index contributed by atoms with van der Waals surface area (Å²) in [5.74, 6) is 1.03. The van der Waals surface area contributed by atoms with Gasteiger partial charge in [-0.1, -0.05) is 11.6 Å². The Bertz CT molecular complexity index is 509. The van der Waals surface area contributed by atoms with Gasteiger partial charge in [0.15, 0.2) is 0 Å². The topological polar surface area (TPSA) is 57.6 Å². The van der Waals surface area contributed by atoms with Crippen LogP contribution in [0.25, 0.3) is 0 Å². The SMILES string of the molecule is O=C(O)CC1CSCCN1C(=O)CSc1ccc(Cl)cc1. The summed E-state index contributed by atoms with van der Waals surface area (Å²) >= 11 is 8.97. The molecular weight excluding hydrogens is 330 g/mol. The van der Waals surface area contributed by atoms with Gasteiger partial charge in [-0.3, -0.25) is 9.59 Å². The second-order valence-electron chi connectivity index (χ2n) is 4.66. The number of nitrogens with zero attached hydrogens (tertiary/aromatic N) is 1. The molecule has 1 aliphatic rings. The minimum absolute atomic E-state index is 0.00139. The first-order chi connectivity index (χ1) is 10.1. The summed E-state index contributed by atoms with van der Waals surface area (Å²) in [5.41, 5.74) is 0. The third-order valence-corrected chi connectivity index (χ3v) is 5.47. The smallest absolute Gasteiger partial charge is 0.305 e. The molecule has 0 aliphatic carbocycles. The third kappa shape index (κ3) is 5.13. The molecule has 21 heavy (non-hydrogen) atoms. The van der Waals surface area contributed by atoms with Gasteiger partial charge in [-0.05, 0) is 24.3 Å². The Morgan fingerprint density at radius 3 is 2.76 bits per heavy atom. The number of carbonyl (C=O) groups excluding carboxylic acids is 1. The first-order valence-electron chi connectivity index (χ1n) is 6.53. The Morgan fingerprint density at radius 2 is 2.10 bits per heavy atom. The van der Waals surface area contributed by atoms with Gasteiger partial charge in [0.05, 0.1) is 18.2 Å². The van der Waals surface area contributed by atoms with Crippen LogP contribution in [0.1, 0.15) is 6.42 Å². The fourth-order valence-electron chi connectivity index (χ4n) is 2.11. The van der Waals surface area contributed by atoms with Crippen molar-refractivity contribution in [2.24, 2.45) is 0 Å². The Hall–Kier alpha value is -0.850. The average Bonchev–Trinajstić information content (AvgIpc) is 2.46. The van der Waals surface area contributed by atoms with Gasteiger partial charge in [0.1, 0.15) is 0 Å². The summed E-state index contributed by atoms with van der Waals surface area (Å²) in [7, 11) is 0. The highest BCUT2D eigenvalue weighted by Gasteiger charge is 2.28. The molecule has 0 aromatic heterocycles. The second kappa shape index (κ2) is 7.96. The van der Waals surface area contributed by atoms with Crippen LogP contribution in [0.5, 0.6) is 0 Å². The molecule has 1 heterocycles. The van der Waals surface area contributed by atoms with Crippen molar-refractivity contribution in [1.29, 1.82) is 0 Å². The third-order valence-electron chi connectivity index (χ3n) is 3.13. The lowest BCUT2D eigenvalue weighted by atomic mass is 10.2. The summed E-state index contributed by atoms with van der Waals surface area (Å²) in [6.07, 6.45) is 0.0182. The Morgan fingerprint density at radius 1 is 1.38 bits per heavy atom. The maximum absolute atomic E-state index is 12.3. The molecule has 1 unspecified atom stereocenters. The molecule has 1 amide bonds. The monoisotopic (exact) mass is 345 g/mol. The van der Waals surface area contributed by atoms with Crippen molar-refractivity contribution >= 4 is 47.0 Å². The van der Waals surface area contributed by atoms with E-state index in [1.165, 1.54) is 11.8 Å². The number of hydrogen-bond acceptors (Lipinski definition) is 4. The first kappa shape index (κ1) is 16.5. The van der Waals surface area contributed by atoms with E-state index in [0.717, 1.165) is 10.6 Å². The fraction of sp³-hybridized carbons (Fsp3) is 0.429. The van der Waals surface area contributed by atoms with E-state index in [0.29, 0.717) is 23.1 Å². The van der Waals surface area contributed by atoms with Gasteiger partial charge in [0, 0.05) is 28.0 Å². The number of halogens is 1. The Kier molecular flexibility index (Phi) is 6.26. The number of hydrogen-bond donors (Lipinski definition) is 1. The minimum Gasteiger partial charge on any atom is -0.481 e. The van der Waals surface area contributed by atoms with E-state index in [2.05, 4.69) is 0 Å². The summed E-state index contributed by atoms with van der Waals surface area (Å²) in [4.78, 5) is 25.9. The number of thioether (sulfide) groups is 2. The highest BCUT2D eigenvalue weighted by atomic mass is 35.5. The van der Waals surface area contributed by atoms with E-state index in [9.17, 15) is 9.59 Å². The normalized spacial score (nSPS) is 18.5. The molecule has 1 aliphatic heterocycles. The number of benzene rings is 1. The van der Waals surface area contributed by atoms with Crippen LogP contribution in [-0.4, -0.2) is 51.7 Å². The van der Waals surface area contributed by atoms with Crippen molar-refractivity contribution < 1.29 is 14.7 Å². The van der Waals surface area contributed by atoms with Crippen molar-refractivity contribution in [2.75, 3.05) is 23.8 Å². The highest BCUT2D eigenvalue weighted by Crippen LogP contribution is 2.24. The van der Waals surface area contributed by atoms with Crippen LogP contribution >= 0.6 is 35.1 Å². The second-order valence-corrected chi connectivity index (χ2v) is 7.29. The molecule has 2 rings (SSSR count). The number of carboxylic acid groups (broad SMARTS) is 1. The van der Waals surface area contributed by atoms with E-state index in [1.807, 2.05) is 12.1 Å². The van der Waals surface area contributed by atoms with Gasteiger partial charge in [0.2, 0.25) is 5.91 Å². The average molecular weight is 346 g/mol. The zero-order valence-electron chi connectivity index (χ0n) is 11.3. The van der Waals surface area contributed by atoms with Crippen molar-refractivity contribution in [3.05, 3.63) is 29.3 Å². The number of carboxylic acids is 1. The summed E-state index contributed by atoms with van der Waals surface area (Å²) in [6.45, 7) is 0.628. The molecular formula is C14H16ClNO3S2. The molecule has 1 saturated heterocycles. The lowest BCUT2D eigenvalue weighted by molar-refractivity contribution is -0.139. The van der Waals surface area contributed by atoms with Crippen molar-refractivity contribution in [1.82, 2.24) is 4.90 Å². The van der Waals surface area contributed by atoms with Crippen LogP contribution < -0.4 is 0 Å². The highest BCUT2D eigenvalue weighted by molar-refractivity contribution is 8.00. The van der Waals surface area contributed by atoms with Crippen LogP contribution in [0.3, 0.4) is 0 Å². The van der Waals surface area contributed by atoms with Gasteiger partial charge < -0.3 is 10.0 Å². The first-order valence-corrected chi connectivity index (χ1v) is 9.05. The number of rotatable bonds is 5. The predicted octanol–water partition coefficient (Wildman–Crippen LogP) is 2.85. The molecule has 0 saturated carbocycles. The lowest BCUT2D eigenvalue weighted by Gasteiger charge is -2.34. The molecule has 1 N–H and O–H groups in total. The van der Waals surface area contributed by atoms with Gasteiger partial charge >= 0.3 is 5.97 Å². The van der Waals surface area contributed by atoms with E-state index >= 15 is 0 Å². The Balaban J connectivity index is 1.91. The van der Waals surface area contributed by atoms with E-state index < -0.39 is 5.97 Å². The quantitative estimate of drug-likeness (QED) is 0.831. The molecule has 7 heteroatoms. The minimum atomic E-state index is -0.856. The van der Waals surface area contributed by atoms with Crippen LogP contribution in [0, 0.1) is 0 Å². The number of carbonyl (C=O) groups is 2. The fourth-order valence-corrected chi connectivity index (χ4v) is 4.09. The standard InChI is InChI=1S/C14H16ClNO3S2/c15-10-1-3-12(4-2-10)21-9-13(17)16-5-6-20-8-11(16)7-14(18)19/h1-4,11H,5-9H2,(H,18,19). The number of aliphatic carboxylic acids is 1. The molecule has 0 bridgehead atoms. The Labute approximate surface area is 137 Å². The molecule has 1 fully saturated rings. The van der Waals surface area contributed by atoms with Gasteiger partial charge in [-0.25, -0.2) is 0 Å². The molecule has 4 nitrogen and oxygen atoms in total. The van der Waals surface area contributed by atoms with Crippen LogP contribution in [-0.2, 0) is 9.59 Å². The van der Waals surface area contributed by atoms with Gasteiger partial charge in [-0.15, -0.1) is 11.8 Å². The lowest BCUT2D eigenvalue weighted by Crippen LogP contribution is -2.47. The molecule has 0 radical (unpaired) electrons. The molecule has 0 spiro atoms. The van der Waals surface area contributed by atoms with E-state index in [1.54, 1.807) is 28.8 Å². The van der Waals surface area contributed by atoms with E-state index in [4.69, 9.17) is 16.7 Å². The van der Waals surface area contributed by atoms with Crippen molar-refractivity contribution in [3.63, 3.8) is 0 Å². The van der Waals surface area contributed by atoms with Crippen LogP contribution in [0.2, 0.25) is 5.02 Å². The molecule has 1 aromatic rings. The van der Waals surface area contributed by atoms with Crippen molar-refractivity contribution in [3.8, 4) is 0 Å². The largest absolute Gasteiger partial charge is 0.481 e. The summed E-state index contributed by atoms with van der Waals surface area (Å²) in [6, 6.07) is 7.14. The van der Waals surface area contributed by atoms with Crippen LogP contribution in [0.15, 0.2) is 29.2 Å². The summed E-state index contributed by atoms with van der Waals surface area (Å²) < 4.78 is 0. The molecule has 1 atom stereocenters. The van der Waals surface area contributed by atoms with Gasteiger partial charge in [0.25, 0.3) is 0 Å². The van der Waals surface area contributed by atoms with Crippen LogP contribution in [0.4, 0.5) is 0 Å². The van der Waals surface area contributed by atoms with E-state index in [-0.39, 0.29) is 18.4 Å². The zero-order chi connectivity index (χ0) is 15.2. The molecule has 1 aromatic carbocycles. The van der Waals surface area contributed by atoms with Crippen molar-refractivity contribution in [2.45, 2.75) is 17.4 Å². The number of amides is 1. The zero-order valence-corrected chi connectivity index (χ0v) is 13.7. The molecule has 114 valence electrons. The maximum Gasteiger partial charge on any atom is 0.305 e. The predicted molar refractivity (Wildman–Crippen MR) is 87.3 cm³/mol. The maximum atomic E-state index is 12.3. The summed E-state index contributed by atoms with van der Waals surface area (Å²) in [5, 5.41) is 9.60. The van der Waals surface area contributed by atoms with Gasteiger partial charge in [-0.2, -0.15) is 11.8 Å².